The quantitative estimate of drug-likeness (QED) is 0.671. The summed E-state index contributed by atoms with van der Waals surface area (Å²) in [6.45, 7) is 3.94. The summed E-state index contributed by atoms with van der Waals surface area (Å²) < 4.78 is 14.1. The molecule has 0 fully saturated rings. The average Bonchev–Trinajstić information content (AvgIpc) is 2.35. The van der Waals surface area contributed by atoms with Gasteiger partial charge >= 0.3 is 0 Å². The molecule has 0 unspecified atom stereocenters. The monoisotopic (exact) mass is 311 g/mol. The van der Waals surface area contributed by atoms with Gasteiger partial charge in [0.05, 0.1) is 15.7 Å². The van der Waals surface area contributed by atoms with Gasteiger partial charge in [-0.25, -0.2) is 4.39 Å². The molecule has 0 saturated carbocycles. The molecule has 0 saturated heterocycles. The molecule has 0 amide bonds. The predicted molar refractivity (Wildman–Crippen MR) is 75.9 cm³/mol. The summed E-state index contributed by atoms with van der Waals surface area (Å²) in [6, 6.07) is 3.35. The number of benzene rings is 1. The number of nitrogens with zero attached hydrogens (tertiary/aromatic N) is 1. The van der Waals surface area contributed by atoms with Gasteiger partial charge in [-0.05, 0) is 47.0 Å². The van der Waals surface area contributed by atoms with Crippen LogP contribution in [0.1, 0.15) is 24.6 Å². The van der Waals surface area contributed by atoms with Crippen LogP contribution in [-0.2, 0) is 6.42 Å². The van der Waals surface area contributed by atoms with Gasteiger partial charge in [-0.2, -0.15) is 0 Å². The first kappa shape index (κ1) is 13.2. The molecule has 1 aromatic heterocycles. The van der Waals surface area contributed by atoms with Crippen molar-refractivity contribution >= 4 is 32.5 Å². The van der Waals surface area contributed by atoms with Crippen molar-refractivity contribution in [1.82, 2.24) is 4.98 Å². The minimum absolute atomic E-state index is 0.304. The SMILES string of the molecule is CCCc1cc(NN)c2c(Br)c(F)cc(C)c2n1. The second-order valence-electron chi connectivity index (χ2n) is 4.27. The van der Waals surface area contributed by atoms with Crippen molar-refractivity contribution in [3.63, 3.8) is 0 Å². The first-order chi connectivity index (χ1) is 8.58. The van der Waals surface area contributed by atoms with Crippen molar-refractivity contribution < 1.29 is 4.39 Å². The molecule has 0 bridgehead atoms. The van der Waals surface area contributed by atoms with Gasteiger partial charge in [0.25, 0.3) is 0 Å². The molecule has 2 aromatic rings. The molecule has 0 aliphatic rings. The molecule has 1 heterocycles. The molecular formula is C13H15BrFN3. The van der Waals surface area contributed by atoms with E-state index in [4.69, 9.17) is 5.84 Å². The lowest BCUT2D eigenvalue weighted by Gasteiger charge is -2.12. The molecule has 0 atom stereocenters. The van der Waals surface area contributed by atoms with Crippen LogP contribution in [0.4, 0.5) is 10.1 Å². The number of fused-ring (bicyclic) bond motifs is 1. The minimum Gasteiger partial charge on any atom is -0.323 e. The number of hydrazine groups is 1. The smallest absolute Gasteiger partial charge is 0.138 e. The predicted octanol–water partition coefficient (Wildman–Crippen LogP) is 3.68. The van der Waals surface area contributed by atoms with Gasteiger partial charge in [-0.1, -0.05) is 13.3 Å². The maximum Gasteiger partial charge on any atom is 0.138 e. The van der Waals surface area contributed by atoms with Crippen LogP contribution < -0.4 is 11.3 Å². The number of aromatic nitrogens is 1. The highest BCUT2D eigenvalue weighted by Crippen LogP contribution is 2.34. The van der Waals surface area contributed by atoms with E-state index in [2.05, 4.69) is 33.3 Å². The van der Waals surface area contributed by atoms with Gasteiger partial charge in [0.15, 0.2) is 0 Å². The summed E-state index contributed by atoms with van der Waals surface area (Å²) in [5.74, 6) is 5.22. The highest BCUT2D eigenvalue weighted by molar-refractivity contribution is 9.10. The summed E-state index contributed by atoms with van der Waals surface area (Å²) >= 11 is 3.26. The van der Waals surface area contributed by atoms with Crippen LogP contribution in [0.15, 0.2) is 16.6 Å². The Labute approximate surface area is 114 Å². The Kier molecular flexibility index (Phi) is 3.82. The number of nitrogens with two attached hydrogens (primary N) is 1. The van der Waals surface area contributed by atoms with E-state index in [1.54, 1.807) is 0 Å². The molecule has 2 rings (SSSR count). The number of anilines is 1. The molecule has 0 aliphatic heterocycles. The van der Waals surface area contributed by atoms with Crippen molar-refractivity contribution in [3.8, 4) is 0 Å². The Morgan fingerprint density at radius 3 is 2.78 bits per heavy atom. The highest BCUT2D eigenvalue weighted by Gasteiger charge is 2.14. The van der Waals surface area contributed by atoms with E-state index in [0.29, 0.717) is 15.5 Å². The highest BCUT2D eigenvalue weighted by atomic mass is 79.9. The van der Waals surface area contributed by atoms with E-state index in [-0.39, 0.29) is 5.82 Å². The number of rotatable bonds is 3. The van der Waals surface area contributed by atoms with E-state index in [1.165, 1.54) is 6.07 Å². The third-order valence-electron chi connectivity index (χ3n) is 2.88. The van der Waals surface area contributed by atoms with Crippen LogP contribution in [0, 0.1) is 12.7 Å². The lowest BCUT2D eigenvalue weighted by Crippen LogP contribution is -2.09. The molecule has 3 nitrogen and oxygen atoms in total. The van der Waals surface area contributed by atoms with Crippen molar-refractivity contribution in [3.05, 3.63) is 33.7 Å². The first-order valence-electron chi connectivity index (χ1n) is 5.83. The van der Waals surface area contributed by atoms with Gasteiger partial charge in [0.2, 0.25) is 0 Å². The van der Waals surface area contributed by atoms with Crippen LogP contribution in [0.25, 0.3) is 10.9 Å². The fourth-order valence-corrected chi connectivity index (χ4v) is 2.56. The summed E-state index contributed by atoms with van der Waals surface area (Å²) in [5, 5.41) is 0.690. The van der Waals surface area contributed by atoms with Gasteiger partial charge < -0.3 is 5.43 Å². The van der Waals surface area contributed by atoms with Gasteiger partial charge in [0.1, 0.15) is 5.82 Å². The standard InChI is InChI=1S/C13H15BrFN3/c1-3-4-8-6-10(18-16)11-12(14)9(15)5-7(2)13(11)17-8/h5-6H,3-4,16H2,1-2H3,(H,17,18). The molecule has 5 heteroatoms. The van der Waals surface area contributed by atoms with Crippen LogP contribution in [0.2, 0.25) is 0 Å². The number of nitrogens with one attached hydrogen (secondary N) is 1. The normalized spacial score (nSPS) is 10.9. The largest absolute Gasteiger partial charge is 0.323 e. The van der Waals surface area contributed by atoms with Crippen LogP contribution in [-0.4, -0.2) is 4.98 Å². The third-order valence-corrected chi connectivity index (χ3v) is 3.66. The second kappa shape index (κ2) is 5.20. The molecular weight excluding hydrogens is 297 g/mol. The van der Waals surface area contributed by atoms with Crippen LogP contribution in [0.5, 0.6) is 0 Å². The van der Waals surface area contributed by atoms with Crippen molar-refractivity contribution in [2.75, 3.05) is 5.43 Å². The fourth-order valence-electron chi connectivity index (χ4n) is 2.04. The van der Waals surface area contributed by atoms with Crippen molar-refractivity contribution in [2.24, 2.45) is 5.84 Å². The lowest BCUT2D eigenvalue weighted by molar-refractivity contribution is 0.622. The summed E-state index contributed by atoms with van der Waals surface area (Å²) in [6.07, 6.45) is 1.88. The average molecular weight is 312 g/mol. The summed E-state index contributed by atoms with van der Waals surface area (Å²) in [4.78, 5) is 4.58. The van der Waals surface area contributed by atoms with Gasteiger partial charge in [-0.15, -0.1) is 0 Å². The third kappa shape index (κ3) is 2.20. The number of hydrogen-bond donors (Lipinski definition) is 2. The Morgan fingerprint density at radius 2 is 2.17 bits per heavy atom. The van der Waals surface area contributed by atoms with Gasteiger partial charge in [-0.3, -0.25) is 10.8 Å². The Balaban J connectivity index is 2.82. The van der Waals surface area contributed by atoms with E-state index >= 15 is 0 Å². The lowest BCUT2D eigenvalue weighted by atomic mass is 10.1. The van der Waals surface area contributed by atoms with Crippen molar-refractivity contribution in [2.45, 2.75) is 26.7 Å². The van der Waals surface area contributed by atoms with E-state index in [9.17, 15) is 4.39 Å². The second-order valence-corrected chi connectivity index (χ2v) is 5.06. The van der Waals surface area contributed by atoms with Gasteiger partial charge in [0, 0.05) is 11.1 Å². The zero-order valence-corrected chi connectivity index (χ0v) is 11.9. The number of pyridine rings is 1. The number of aryl methyl sites for hydroxylation is 2. The first-order valence-corrected chi connectivity index (χ1v) is 6.62. The molecule has 3 N–H and O–H groups in total. The number of halogens is 2. The molecule has 0 radical (unpaired) electrons. The number of nitrogen functional groups attached to an aromatic ring is 1. The summed E-state index contributed by atoms with van der Waals surface area (Å²) in [7, 11) is 0. The maximum absolute atomic E-state index is 13.7. The van der Waals surface area contributed by atoms with Crippen LogP contribution >= 0.6 is 15.9 Å². The van der Waals surface area contributed by atoms with Crippen molar-refractivity contribution in [1.29, 1.82) is 0 Å². The molecule has 1 aromatic carbocycles. The minimum atomic E-state index is -0.304. The molecule has 96 valence electrons. The molecule has 0 aliphatic carbocycles. The topological polar surface area (TPSA) is 50.9 Å². The fraction of sp³-hybridized carbons (Fsp3) is 0.308. The Hall–Kier alpha value is -1.20. The summed E-state index contributed by atoms with van der Waals surface area (Å²) in [5.41, 5.74) is 5.86. The molecule has 18 heavy (non-hydrogen) atoms. The van der Waals surface area contributed by atoms with Crippen LogP contribution in [0.3, 0.4) is 0 Å². The zero-order valence-electron chi connectivity index (χ0n) is 10.3. The molecule has 0 spiro atoms. The van der Waals surface area contributed by atoms with E-state index in [0.717, 1.165) is 29.6 Å². The van der Waals surface area contributed by atoms with E-state index < -0.39 is 0 Å². The maximum atomic E-state index is 13.7. The van der Waals surface area contributed by atoms with E-state index in [1.807, 2.05) is 13.0 Å². The Bertz CT molecular complexity index is 599. The zero-order chi connectivity index (χ0) is 13.3. The number of hydrogen-bond acceptors (Lipinski definition) is 3. The Morgan fingerprint density at radius 1 is 1.44 bits per heavy atom.